The number of nitrogens with zero attached hydrogens (tertiary/aromatic N) is 1. The minimum atomic E-state index is -1.78. The van der Waals surface area contributed by atoms with Crippen LogP contribution in [0.15, 0.2) is 24.3 Å². The number of anilines is 1. The van der Waals surface area contributed by atoms with Crippen LogP contribution in [0.4, 0.5) is 24.5 Å². The summed E-state index contributed by atoms with van der Waals surface area (Å²) in [6.45, 7) is 2.20. The number of rotatable bonds is 10. The molecule has 14 heteroatoms. The Kier molecular flexibility index (Phi) is 8.97. The van der Waals surface area contributed by atoms with Crippen molar-refractivity contribution in [1.29, 1.82) is 0 Å². The molecule has 0 radical (unpaired) electrons. The summed E-state index contributed by atoms with van der Waals surface area (Å²) in [6.07, 6.45) is -1.51. The van der Waals surface area contributed by atoms with Gasteiger partial charge in [-0.3, -0.25) is 19.7 Å². The van der Waals surface area contributed by atoms with Crippen molar-refractivity contribution in [3.63, 3.8) is 0 Å². The van der Waals surface area contributed by atoms with Gasteiger partial charge in [0.1, 0.15) is 5.56 Å². The molecule has 0 heterocycles. The van der Waals surface area contributed by atoms with E-state index in [4.69, 9.17) is 14.2 Å². The minimum Gasteiger partial charge on any atom is -0.493 e. The summed E-state index contributed by atoms with van der Waals surface area (Å²) in [5, 5.41) is 15.4. The number of esters is 1. The Labute approximate surface area is 196 Å². The van der Waals surface area contributed by atoms with Crippen LogP contribution in [0.25, 0.3) is 0 Å². The summed E-state index contributed by atoms with van der Waals surface area (Å²) in [6, 6.07) is 3.39. The van der Waals surface area contributed by atoms with E-state index in [1.165, 1.54) is 7.11 Å². The minimum absolute atomic E-state index is 0.00405. The number of halogens is 3. The zero-order valence-corrected chi connectivity index (χ0v) is 18.6. The number of methoxy groups -OCH3 is 1. The van der Waals surface area contributed by atoms with Crippen molar-refractivity contribution in [3.05, 3.63) is 57.4 Å². The quantitative estimate of drug-likeness (QED) is 0.220. The van der Waals surface area contributed by atoms with Gasteiger partial charge in [0.2, 0.25) is 5.91 Å². The second-order valence-electron chi connectivity index (χ2n) is 6.75. The van der Waals surface area contributed by atoms with Gasteiger partial charge in [0.05, 0.1) is 36.9 Å². The van der Waals surface area contributed by atoms with Gasteiger partial charge in [-0.05, 0) is 26.0 Å². The van der Waals surface area contributed by atoms with Crippen molar-refractivity contribution in [1.82, 2.24) is 5.32 Å². The molecule has 2 aromatic rings. The number of benzene rings is 2. The molecule has 0 aliphatic heterocycles. The average Bonchev–Trinajstić information content (AvgIpc) is 2.82. The van der Waals surface area contributed by atoms with Gasteiger partial charge in [-0.1, -0.05) is 0 Å². The summed E-state index contributed by atoms with van der Waals surface area (Å²) in [5.74, 6) is -8.01. The molecule has 2 N–H and O–H groups in total. The molecule has 2 rings (SSSR count). The summed E-state index contributed by atoms with van der Waals surface area (Å²) in [4.78, 5) is 47.1. The molecule has 0 saturated heterocycles. The van der Waals surface area contributed by atoms with E-state index in [0.717, 1.165) is 25.1 Å². The van der Waals surface area contributed by atoms with E-state index in [1.54, 1.807) is 6.92 Å². The normalized spacial score (nSPS) is 11.3. The van der Waals surface area contributed by atoms with E-state index >= 15 is 0 Å². The molecule has 0 aliphatic rings. The lowest BCUT2D eigenvalue weighted by molar-refractivity contribution is -0.385. The molecule has 0 aromatic heterocycles. The third-order valence-electron chi connectivity index (χ3n) is 4.38. The smallest absolute Gasteiger partial charge is 0.346 e. The number of carbonyl (C=O) groups excluding carboxylic acids is 3. The topological polar surface area (TPSA) is 146 Å². The highest BCUT2D eigenvalue weighted by molar-refractivity contribution is 5.98. The first-order chi connectivity index (χ1) is 16.5. The average molecular weight is 499 g/mol. The van der Waals surface area contributed by atoms with Crippen molar-refractivity contribution in [2.75, 3.05) is 25.6 Å². The first kappa shape index (κ1) is 26.9. The standard InChI is InChI=1S/C21H20F3N3O8/c1-4-34-16-7-11(14(27(31)32)8-15(16)33-3)21(30)35-10(2)20(29)25-9-17(28)26-13-6-5-12(22)18(23)19(13)24/h5-8,10H,4,9H2,1-3H3,(H,25,29)(H,26,28). The molecule has 0 saturated carbocycles. The molecule has 1 unspecified atom stereocenters. The van der Waals surface area contributed by atoms with Crippen molar-refractivity contribution >= 4 is 29.2 Å². The predicted octanol–water partition coefficient (Wildman–Crippen LogP) is 2.72. The Bertz CT molecular complexity index is 1160. The lowest BCUT2D eigenvalue weighted by Gasteiger charge is -2.15. The van der Waals surface area contributed by atoms with Crippen LogP contribution < -0.4 is 20.1 Å². The maximum absolute atomic E-state index is 13.6. The van der Waals surface area contributed by atoms with E-state index in [9.17, 15) is 37.7 Å². The number of nitrogens with one attached hydrogen (secondary N) is 2. The van der Waals surface area contributed by atoms with Gasteiger partial charge in [-0.15, -0.1) is 0 Å². The third kappa shape index (κ3) is 6.59. The molecule has 2 aromatic carbocycles. The lowest BCUT2D eigenvalue weighted by Crippen LogP contribution is -2.40. The maximum atomic E-state index is 13.6. The highest BCUT2D eigenvalue weighted by Gasteiger charge is 2.28. The van der Waals surface area contributed by atoms with Crippen molar-refractivity contribution in [2.45, 2.75) is 20.0 Å². The number of hydrogen-bond acceptors (Lipinski definition) is 8. The molecule has 35 heavy (non-hydrogen) atoms. The van der Waals surface area contributed by atoms with E-state index in [2.05, 4.69) is 5.32 Å². The largest absolute Gasteiger partial charge is 0.493 e. The van der Waals surface area contributed by atoms with Gasteiger partial charge >= 0.3 is 5.97 Å². The number of nitro benzene ring substituents is 1. The summed E-state index contributed by atoms with van der Waals surface area (Å²) in [5.41, 5.74) is -1.82. The maximum Gasteiger partial charge on any atom is 0.346 e. The Morgan fingerprint density at radius 3 is 2.40 bits per heavy atom. The summed E-state index contributed by atoms with van der Waals surface area (Å²) >= 11 is 0. The summed E-state index contributed by atoms with van der Waals surface area (Å²) in [7, 11) is 1.25. The molecule has 0 spiro atoms. The van der Waals surface area contributed by atoms with Crippen LogP contribution in [0.2, 0.25) is 0 Å². The number of hydrogen-bond donors (Lipinski definition) is 2. The first-order valence-electron chi connectivity index (χ1n) is 9.91. The monoisotopic (exact) mass is 499 g/mol. The fourth-order valence-electron chi connectivity index (χ4n) is 2.70. The van der Waals surface area contributed by atoms with Crippen LogP contribution in [0.1, 0.15) is 24.2 Å². The molecular weight excluding hydrogens is 479 g/mol. The van der Waals surface area contributed by atoms with Crippen molar-refractivity contribution in [2.24, 2.45) is 0 Å². The van der Waals surface area contributed by atoms with Crippen LogP contribution in [0.5, 0.6) is 11.5 Å². The second-order valence-corrected chi connectivity index (χ2v) is 6.75. The van der Waals surface area contributed by atoms with Crippen LogP contribution in [-0.2, 0) is 14.3 Å². The number of ether oxygens (including phenoxy) is 3. The van der Waals surface area contributed by atoms with Crippen molar-refractivity contribution < 1.29 is 46.7 Å². The molecule has 0 bridgehead atoms. The van der Waals surface area contributed by atoms with Crippen LogP contribution in [0, 0.1) is 27.6 Å². The van der Waals surface area contributed by atoms with Gasteiger partial charge in [-0.2, -0.15) is 0 Å². The molecule has 1 atom stereocenters. The lowest BCUT2D eigenvalue weighted by atomic mass is 10.1. The highest BCUT2D eigenvalue weighted by Crippen LogP contribution is 2.35. The summed E-state index contributed by atoms with van der Waals surface area (Å²) < 4.78 is 55.1. The van der Waals surface area contributed by atoms with E-state index in [0.29, 0.717) is 6.07 Å². The fourth-order valence-corrected chi connectivity index (χ4v) is 2.70. The molecule has 11 nitrogen and oxygen atoms in total. The Balaban J connectivity index is 2.05. The predicted molar refractivity (Wildman–Crippen MR) is 114 cm³/mol. The Morgan fingerprint density at radius 2 is 1.80 bits per heavy atom. The molecule has 188 valence electrons. The van der Waals surface area contributed by atoms with Crippen LogP contribution in [-0.4, -0.2) is 49.1 Å². The zero-order valence-electron chi connectivity index (χ0n) is 18.6. The Hall–Kier alpha value is -4.36. The van der Waals surface area contributed by atoms with Gasteiger partial charge < -0.3 is 24.8 Å². The molecular formula is C21H20F3N3O8. The fraction of sp³-hybridized carbons (Fsp3) is 0.286. The third-order valence-corrected chi connectivity index (χ3v) is 4.38. The number of carbonyl (C=O) groups is 3. The Morgan fingerprint density at radius 1 is 1.11 bits per heavy atom. The molecule has 0 aliphatic carbocycles. The van der Waals surface area contributed by atoms with E-state index < -0.39 is 69.7 Å². The van der Waals surface area contributed by atoms with Crippen molar-refractivity contribution in [3.8, 4) is 11.5 Å². The second kappa shape index (κ2) is 11.7. The zero-order chi connectivity index (χ0) is 26.3. The first-order valence-corrected chi connectivity index (χ1v) is 9.91. The number of amides is 2. The van der Waals surface area contributed by atoms with Gasteiger partial charge in [0, 0.05) is 6.07 Å². The van der Waals surface area contributed by atoms with E-state index in [-0.39, 0.29) is 18.1 Å². The molecule has 0 fully saturated rings. The van der Waals surface area contributed by atoms with E-state index in [1.807, 2.05) is 5.32 Å². The SMILES string of the molecule is CCOc1cc(C(=O)OC(C)C(=O)NCC(=O)Nc2ccc(F)c(F)c2F)c([N+](=O)[O-])cc1OC. The molecule has 2 amide bonds. The number of nitro groups is 1. The van der Waals surface area contributed by atoms with Gasteiger partial charge in [0.25, 0.3) is 11.6 Å². The highest BCUT2D eigenvalue weighted by atomic mass is 19.2. The van der Waals surface area contributed by atoms with Gasteiger partial charge in [-0.25, -0.2) is 18.0 Å². The van der Waals surface area contributed by atoms with Crippen LogP contribution >= 0.6 is 0 Å². The van der Waals surface area contributed by atoms with Crippen LogP contribution in [0.3, 0.4) is 0 Å². The van der Waals surface area contributed by atoms with Gasteiger partial charge in [0.15, 0.2) is 35.1 Å².